The van der Waals surface area contributed by atoms with Crippen LogP contribution in [0.5, 0.6) is 0 Å². The van der Waals surface area contributed by atoms with Gasteiger partial charge < -0.3 is 4.42 Å². The molecule has 0 saturated carbocycles. The summed E-state index contributed by atoms with van der Waals surface area (Å²) in [6.45, 7) is 0. The van der Waals surface area contributed by atoms with E-state index in [2.05, 4.69) is 0 Å². The molecule has 0 radical (unpaired) electrons. The van der Waals surface area contributed by atoms with Crippen LogP contribution >= 0.6 is 0 Å². The molecule has 0 aliphatic carbocycles. The van der Waals surface area contributed by atoms with Crippen molar-refractivity contribution in [2.45, 2.75) is 0 Å². The Morgan fingerprint density at radius 2 is 1.24 bits per heavy atom. The minimum absolute atomic E-state index is 0.0285. The summed E-state index contributed by atoms with van der Waals surface area (Å²) in [4.78, 5) is 0. The zero-order valence-corrected chi connectivity index (χ0v) is 21.4. The van der Waals surface area contributed by atoms with Crippen LogP contribution in [-0.4, -0.2) is 0 Å². The Hall–Kier alpha value is -5.40. The first-order valence-electron chi connectivity index (χ1n) is 18.7. The minimum atomic E-state index is -0.588. The van der Waals surface area contributed by atoms with Crippen LogP contribution < -0.4 is 0 Å². The summed E-state index contributed by atoms with van der Waals surface area (Å²) in [6.07, 6.45) is 0. The predicted octanol–water partition coefficient (Wildman–Crippen LogP) is 11.5. The molecule has 1 aromatic heterocycles. The number of fused-ring (bicyclic) bond motifs is 9. The second-order valence-corrected chi connectivity index (χ2v) is 10.0. The van der Waals surface area contributed by atoms with Crippen LogP contribution in [0.2, 0.25) is 0 Å². The molecule has 0 spiro atoms. The third-order valence-corrected chi connectivity index (χ3v) is 7.79. The highest BCUT2D eigenvalue weighted by atomic mass is 16.3. The van der Waals surface area contributed by atoms with Crippen LogP contribution in [0.1, 0.15) is 15.1 Å². The van der Waals surface area contributed by atoms with Crippen molar-refractivity contribution in [3.05, 3.63) is 145 Å². The smallest absolute Gasteiger partial charge is 0.136 e. The molecule has 0 saturated heterocycles. The van der Waals surface area contributed by atoms with E-state index in [0.29, 0.717) is 27.7 Å². The fraction of sp³-hybridized carbons (Fsp3) is 0. The summed E-state index contributed by atoms with van der Waals surface area (Å²) in [5.74, 6) is 0. The lowest BCUT2D eigenvalue weighted by atomic mass is 9.85. The second kappa shape index (κ2) is 8.55. The predicted molar refractivity (Wildman–Crippen MR) is 175 cm³/mol. The second-order valence-electron chi connectivity index (χ2n) is 10.0. The number of rotatable bonds is 2. The molecule has 1 nitrogen and oxygen atoms in total. The van der Waals surface area contributed by atoms with Gasteiger partial charge in [-0.3, -0.25) is 0 Å². The van der Waals surface area contributed by atoms with Crippen molar-refractivity contribution in [3.8, 4) is 22.3 Å². The summed E-state index contributed by atoms with van der Waals surface area (Å²) in [5.41, 5.74) is 3.07. The Labute approximate surface area is 252 Å². The maximum atomic E-state index is 9.50. The molecule has 0 aliphatic rings. The molecule has 0 amide bonds. The average molecular weight is 532 g/mol. The van der Waals surface area contributed by atoms with Crippen molar-refractivity contribution < 1.29 is 19.5 Å². The van der Waals surface area contributed by atoms with Crippen molar-refractivity contribution in [2.24, 2.45) is 0 Å². The molecule has 0 atom stereocenters. The van der Waals surface area contributed by atoms with E-state index in [1.165, 1.54) is 0 Å². The van der Waals surface area contributed by atoms with Crippen molar-refractivity contribution in [3.63, 3.8) is 0 Å². The van der Waals surface area contributed by atoms with E-state index < -0.39 is 66.5 Å². The van der Waals surface area contributed by atoms with Crippen LogP contribution in [0, 0.1) is 0 Å². The van der Waals surface area contributed by atoms with Crippen LogP contribution in [-0.2, 0) is 0 Å². The van der Waals surface area contributed by atoms with Gasteiger partial charge >= 0.3 is 0 Å². The lowest BCUT2D eigenvalue weighted by Crippen LogP contribution is -1.91. The minimum Gasteiger partial charge on any atom is -0.456 e. The van der Waals surface area contributed by atoms with Gasteiger partial charge in [-0.1, -0.05) is 121 Å². The molecule has 9 rings (SSSR count). The topological polar surface area (TPSA) is 13.1 Å². The first kappa shape index (κ1) is 14.3. The van der Waals surface area contributed by atoms with E-state index in [1.807, 2.05) is 78.9 Å². The molecule has 0 N–H and O–H groups in total. The third-order valence-electron chi connectivity index (χ3n) is 7.79. The van der Waals surface area contributed by atoms with Gasteiger partial charge in [0.2, 0.25) is 0 Å². The molecule has 1 heteroatoms. The standard InChI is InChI=1S/C40H24O/c1-2-10-25(11-3-1)33-24-38-36(40-30-16-8-5-13-27(30)19-21-37(40)41-38)23-35(33)39-31-17-9-6-14-28(31)22-34-29-15-7-4-12-26(29)18-20-32(34)39/h1-24H/i4D,6D,7D,9D,12D,14D,15D,17D,18D,20D,22D. The molecule has 41 heavy (non-hydrogen) atoms. The van der Waals surface area contributed by atoms with Crippen LogP contribution in [0.15, 0.2) is 150 Å². The van der Waals surface area contributed by atoms with Crippen molar-refractivity contribution in [1.29, 1.82) is 0 Å². The number of hydrogen-bond donors (Lipinski definition) is 0. The largest absolute Gasteiger partial charge is 0.456 e. The van der Waals surface area contributed by atoms with Gasteiger partial charge in [-0.15, -0.1) is 0 Å². The Morgan fingerprint density at radius 1 is 0.463 bits per heavy atom. The average Bonchev–Trinajstić information content (AvgIpc) is 3.53. The molecule has 0 unspecified atom stereocenters. The van der Waals surface area contributed by atoms with Gasteiger partial charge in [-0.05, 0) is 89.6 Å². The summed E-state index contributed by atoms with van der Waals surface area (Å²) in [7, 11) is 0. The molecule has 190 valence electrons. The van der Waals surface area contributed by atoms with Crippen molar-refractivity contribution in [2.75, 3.05) is 0 Å². The van der Waals surface area contributed by atoms with Gasteiger partial charge in [0.05, 0.1) is 15.1 Å². The summed E-state index contributed by atoms with van der Waals surface area (Å²) >= 11 is 0. The quantitative estimate of drug-likeness (QED) is 0.160. The maximum absolute atomic E-state index is 9.50. The first-order chi connectivity index (χ1) is 24.9. The summed E-state index contributed by atoms with van der Waals surface area (Å²) < 4.78 is 105. The zero-order chi connectivity index (χ0) is 36.5. The number of benzene rings is 8. The van der Waals surface area contributed by atoms with Crippen molar-refractivity contribution in [1.82, 2.24) is 0 Å². The highest BCUT2D eigenvalue weighted by molar-refractivity contribution is 6.24. The normalized spacial score (nSPS) is 15.7. The van der Waals surface area contributed by atoms with Gasteiger partial charge in [-0.2, -0.15) is 0 Å². The monoisotopic (exact) mass is 531 g/mol. The molecule has 0 fully saturated rings. The first-order valence-corrected chi connectivity index (χ1v) is 13.2. The van der Waals surface area contributed by atoms with Crippen LogP contribution in [0.3, 0.4) is 0 Å². The highest BCUT2D eigenvalue weighted by Crippen LogP contribution is 2.46. The maximum Gasteiger partial charge on any atom is 0.136 e. The van der Waals surface area contributed by atoms with E-state index >= 15 is 0 Å². The summed E-state index contributed by atoms with van der Waals surface area (Å²) in [6, 6.07) is 19.1. The molecule has 8 aromatic carbocycles. The SMILES string of the molecule is [2H]c1c([2H])c([2H])c2c([2H])c3c(c([2H])c([2H])c4c([2H])c([2H])c([2H])c([2H])c43)c(-c3cc4c(cc3-c3ccccc3)oc3ccc5ccccc5c34)c2c1[2H]. The Balaban J connectivity index is 1.63. The zero-order valence-electron chi connectivity index (χ0n) is 32.4. The van der Waals surface area contributed by atoms with Gasteiger partial charge in [0.15, 0.2) is 0 Å². The van der Waals surface area contributed by atoms with E-state index in [9.17, 15) is 4.11 Å². The molecular formula is C40H24O. The lowest BCUT2D eigenvalue weighted by Gasteiger charge is -2.17. The molecular weight excluding hydrogens is 496 g/mol. The molecule has 0 bridgehead atoms. The van der Waals surface area contributed by atoms with Crippen LogP contribution in [0.4, 0.5) is 0 Å². The van der Waals surface area contributed by atoms with Crippen LogP contribution in [0.25, 0.3) is 87.3 Å². The van der Waals surface area contributed by atoms with E-state index in [1.54, 1.807) is 0 Å². The molecule has 9 aromatic rings. The van der Waals surface area contributed by atoms with E-state index in [4.69, 9.17) is 15.4 Å². The molecule has 0 aliphatic heterocycles. The Kier molecular flexibility index (Phi) is 2.98. The van der Waals surface area contributed by atoms with E-state index in [0.717, 1.165) is 21.7 Å². The van der Waals surface area contributed by atoms with Crippen molar-refractivity contribution >= 4 is 65.0 Å². The highest BCUT2D eigenvalue weighted by Gasteiger charge is 2.20. The summed E-state index contributed by atoms with van der Waals surface area (Å²) in [5, 5.41) is 2.67. The van der Waals surface area contributed by atoms with Gasteiger partial charge in [0, 0.05) is 10.8 Å². The van der Waals surface area contributed by atoms with E-state index in [-0.39, 0.29) is 37.9 Å². The number of hydrogen-bond acceptors (Lipinski definition) is 1. The molecule has 1 heterocycles. The lowest BCUT2D eigenvalue weighted by molar-refractivity contribution is 0.669. The fourth-order valence-corrected chi connectivity index (χ4v) is 5.99. The van der Waals surface area contributed by atoms with Gasteiger partial charge in [0.1, 0.15) is 11.2 Å². The number of furan rings is 1. The fourth-order valence-electron chi connectivity index (χ4n) is 5.99. The van der Waals surface area contributed by atoms with Gasteiger partial charge in [0.25, 0.3) is 0 Å². The third kappa shape index (κ3) is 3.30. The Bertz CT molecular complexity index is 3080. The van der Waals surface area contributed by atoms with Gasteiger partial charge in [-0.25, -0.2) is 0 Å². The Morgan fingerprint density at radius 3 is 2.15 bits per heavy atom.